The largest absolute Gasteiger partial charge is 0.305 e. The molecule has 0 unspecified atom stereocenters. The van der Waals surface area contributed by atoms with Gasteiger partial charge in [-0.3, -0.25) is 0 Å². The molecule has 0 fully saturated rings. The Hall–Kier alpha value is -1.78. The van der Waals surface area contributed by atoms with Gasteiger partial charge in [0.2, 0.25) is 0 Å². The monoisotopic (exact) mass is 344 g/mol. The van der Waals surface area contributed by atoms with Gasteiger partial charge in [0.25, 0.3) is 0 Å². The molecule has 0 saturated heterocycles. The van der Waals surface area contributed by atoms with Crippen LogP contribution >= 0.6 is 11.3 Å². The molecule has 0 aliphatic rings. The van der Waals surface area contributed by atoms with Crippen LogP contribution in [0.1, 0.15) is 30.8 Å². The Morgan fingerprint density at radius 2 is 1.79 bits per heavy atom. The Kier molecular flexibility index (Phi) is 6.46. The van der Waals surface area contributed by atoms with Crippen molar-refractivity contribution in [1.82, 2.24) is 9.88 Å². The molecule has 0 aliphatic heterocycles. The molecule has 0 bridgehead atoms. The molecular formula is C20H25FN2S. The van der Waals surface area contributed by atoms with E-state index in [-0.39, 0.29) is 5.82 Å². The zero-order chi connectivity index (χ0) is 17.7. The Balaban J connectivity index is 0.000000647. The van der Waals surface area contributed by atoms with Crippen molar-refractivity contribution in [3.63, 3.8) is 0 Å². The molecule has 0 saturated carbocycles. The van der Waals surface area contributed by atoms with Gasteiger partial charge in [0.15, 0.2) is 5.82 Å². The average molecular weight is 344 g/mol. The van der Waals surface area contributed by atoms with Crippen molar-refractivity contribution in [2.45, 2.75) is 33.7 Å². The number of benzene rings is 2. The molecule has 0 atom stereocenters. The van der Waals surface area contributed by atoms with Crippen LogP contribution < -0.4 is 0 Å². The fourth-order valence-electron chi connectivity index (χ4n) is 2.54. The van der Waals surface area contributed by atoms with Crippen LogP contribution in [-0.4, -0.2) is 24.0 Å². The van der Waals surface area contributed by atoms with E-state index in [2.05, 4.69) is 29.8 Å². The number of rotatable bonds is 3. The van der Waals surface area contributed by atoms with Gasteiger partial charge in [-0.2, -0.15) is 0 Å². The second-order valence-corrected chi connectivity index (χ2v) is 7.37. The lowest BCUT2D eigenvalue weighted by Gasteiger charge is -2.14. The molecule has 0 spiro atoms. The van der Waals surface area contributed by atoms with E-state index in [1.54, 1.807) is 6.07 Å². The standard InChI is InChI=1S/C17H17FN2S.C3H8/c1-11-19-17-15(18)8-13(9-16(17)21-11)14-7-5-4-6-12(14)10-20(2)3;1-3-2/h4-9H,10H2,1-3H3;3H2,1-2H3. The van der Waals surface area contributed by atoms with Gasteiger partial charge in [0.1, 0.15) is 5.52 Å². The molecule has 4 heteroatoms. The molecule has 2 nitrogen and oxygen atoms in total. The van der Waals surface area contributed by atoms with Crippen LogP contribution in [0.3, 0.4) is 0 Å². The van der Waals surface area contributed by atoms with E-state index in [4.69, 9.17) is 0 Å². The molecule has 3 aromatic rings. The van der Waals surface area contributed by atoms with Gasteiger partial charge < -0.3 is 4.90 Å². The molecule has 1 heterocycles. The molecule has 0 aliphatic carbocycles. The van der Waals surface area contributed by atoms with E-state index in [0.717, 1.165) is 27.4 Å². The highest BCUT2D eigenvalue weighted by Gasteiger charge is 2.12. The first-order valence-electron chi connectivity index (χ1n) is 8.25. The number of fused-ring (bicyclic) bond motifs is 1. The number of hydrogen-bond donors (Lipinski definition) is 0. The van der Waals surface area contributed by atoms with Crippen LogP contribution in [-0.2, 0) is 6.54 Å². The van der Waals surface area contributed by atoms with Crippen LogP contribution in [0.4, 0.5) is 4.39 Å². The molecule has 3 rings (SSSR count). The van der Waals surface area contributed by atoms with E-state index in [9.17, 15) is 4.39 Å². The van der Waals surface area contributed by atoms with Gasteiger partial charge in [-0.25, -0.2) is 9.37 Å². The summed E-state index contributed by atoms with van der Waals surface area (Å²) in [7, 11) is 4.07. The van der Waals surface area contributed by atoms with Gasteiger partial charge in [0.05, 0.1) is 9.71 Å². The predicted molar refractivity (Wildman–Crippen MR) is 103 cm³/mol. The number of hydrogen-bond acceptors (Lipinski definition) is 3. The topological polar surface area (TPSA) is 16.1 Å². The number of nitrogens with zero attached hydrogens (tertiary/aromatic N) is 2. The van der Waals surface area contributed by atoms with Gasteiger partial charge in [0, 0.05) is 6.54 Å². The SMILES string of the molecule is CCC.Cc1nc2c(F)cc(-c3ccccc3CN(C)C)cc2s1. The second kappa shape index (κ2) is 8.36. The first-order valence-corrected chi connectivity index (χ1v) is 9.07. The lowest BCUT2D eigenvalue weighted by Crippen LogP contribution is -2.11. The van der Waals surface area contributed by atoms with Crippen molar-refractivity contribution in [2.75, 3.05) is 14.1 Å². The summed E-state index contributed by atoms with van der Waals surface area (Å²) in [6, 6.07) is 11.8. The fraction of sp³-hybridized carbons (Fsp3) is 0.350. The number of halogens is 1. The van der Waals surface area contributed by atoms with Gasteiger partial charge in [-0.15, -0.1) is 11.3 Å². The summed E-state index contributed by atoms with van der Waals surface area (Å²) in [5.74, 6) is -0.244. The molecule has 1 aromatic heterocycles. The minimum atomic E-state index is -0.244. The maximum absolute atomic E-state index is 14.3. The second-order valence-electron chi connectivity index (χ2n) is 6.14. The fourth-order valence-corrected chi connectivity index (χ4v) is 3.42. The normalized spacial score (nSPS) is 10.8. The zero-order valence-corrected chi connectivity index (χ0v) is 15.9. The first-order chi connectivity index (χ1) is 11.5. The highest BCUT2D eigenvalue weighted by atomic mass is 32.1. The van der Waals surface area contributed by atoms with Crippen LogP contribution in [0, 0.1) is 12.7 Å². The molecule has 0 N–H and O–H groups in total. The van der Waals surface area contributed by atoms with Crippen LogP contribution in [0.5, 0.6) is 0 Å². The lowest BCUT2D eigenvalue weighted by molar-refractivity contribution is 0.403. The minimum Gasteiger partial charge on any atom is -0.305 e. The van der Waals surface area contributed by atoms with E-state index in [0.29, 0.717) is 5.52 Å². The Bertz CT molecular complexity index is 809. The van der Waals surface area contributed by atoms with Crippen molar-refractivity contribution in [3.8, 4) is 11.1 Å². The Morgan fingerprint density at radius 3 is 2.46 bits per heavy atom. The zero-order valence-electron chi connectivity index (χ0n) is 15.1. The predicted octanol–water partition coefficient (Wildman–Crippen LogP) is 5.89. The number of aryl methyl sites for hydroxylation is 1. The third kappa shape index (κ3) is 4.40. The highest BCUT2D eigenvalue weighted by molar-refractivity contribution is 7.18. The average Bonchev–Trinajstić information content (AvgIpc) is 2.89. The molecule has 0 radical (unpaired) electrons. The van der Waals surface area contributed by atoms with E-state index in [1.165, 1.54) is 23.3 Å². The van der Waals surface area contributed by atoms with E-state index < -0.39 is 0 Å². The van der Waals surface area contributed by atoms with E-state index in [1.807, 2.05) is 45.3 Å². The molecule has 24 heavy (non-hydrogen) atoms. The lowest BCUT2D eigenvalue weighted by atomic mass is 9.99. The summed E-state index contributed by atoms with van der Waals surface area (Å²) in [5, 5.41) is 0.891. The third-order valence-electron chi connectivity index (χ3n) is 3.37. The Morgan fingerprint density at radius 1 is 1.12 bits per heavy atom. The van der Waals surface area contributed by atoms with Crippen LogP contribution in [0.2, 0.25) is 0 Å². The number of thiazole rings is 1. The summed E-state index contributed by atoms with van der Waals surface area (Å²) in [4.78, 5) is 6.37. The summed E-state index contributed by atoms with van der Waals surface area (Å²) >= 11 is 1.53. The van der Waals surface area contributed by atoms with Gasteiger partial charge >= 0.3 is 0 Å². The third-order valence-corrected chi connectivity index (χ3v) is 4.29. The summed E-state index contributed by atoms with van der Waals surface area (Å²) in [6.07, 6.45) is 1.25. The quantitative estimate of drug-likeness (QED) is 0.589. The molecule has 128 valence electrons. The van der Waals surface area contributed by atoms with Gasteiger partial charge in [-0.05, 0) is 49.8 Å². The summed E-state index contributed by atoms with van der Waals surface area (Å²) in [5.41, 5.74) is 3.67. The maximum atomic E-state index is 14.3. The van der Waals surface area contributed by atoms with Crippen molar-refractivity contribution in [3.05, 3.63) is 52.8 Å². The van der Waals surface area contributed by atoms with Crippen molar-refractivity contribution >= 4 is 21.6 Å². The van der Waals surface area contributed by atoms with Crippen molar-refractivity contribution in [1.29, 1.82) is 0 Å². The van der Waals surface area contributed by atoms with Crippen LogP contribution in [0.15, 0.2) is 36.4 Å². The minimum absolute atomic E-state index is 0.244. The number of aromatic nitrogens is 1. The van der Waals surface area contributed by atoms with Crippen molar-refractivity contribution < 1.29 is 4.39 Å². The Labute approximate surface area is 148 Å². The molecule has 0 amide bonds. The van der Waals surface area contributed by atoms with E-state index >= 15 is 0 Å². The smallest absolute Gasteiger partial charge is 0.150 e. The molecule has 2 aromatic carbocycles. The first kappa shape index (κ1) is 18.6. The summed E-state index contributed by atoms with van der Waals surface area (Å²) < 4.78 is 15.2. The van der Waals surface area contributed by atoms with Gasteiger partial charge in [-0.1, -0.05) is 44.5 Å². The van der Waals surface area contributed by atoms with Crippen LogP contribution in [0.25, 0.3) is 21.3 Å². The maximum Gasteiger partial charge on any atom is 0.150 e. The van der Waals surface area contributed by atoms with Crippen molar-refractivity contribution in [2.24, 2.45) is 0 Å². The highest BCUT2D eigenvalue weighted by Crippen LogP contribution is 2.32. The summed E-state index contributed by atoms with van der Waals surface area (Å²) in [6.45, 7) is 6.99. The molecular weight excluding hydrogens is 319 g/mol.